The van der Waals surface area contributed by atoms with Gasteiger partial charge in [-0.05, 0) is 31.7 Å². The fraction of sp³-hybridized carbons (Fsp3) is 0.647. The van der Waals surface area contributed by atoms with E-state index < -0.39 is 21.9 Å². The Labute approximate surface area is 153 Å². The molecule has 0 unspecified atom stereocenters. The van der Waals surface area contributed by atoms with E-state index in [1.54, 1.807) is 16.5 Å². The number of rotatable bonds is 4. The second kappa shape index (κ2) is 7.40. The van der Waals surface area contributed by atoms with Crippen LogP contribution in [0, 0.1) is 5.92 Å². The molecule has 0 radical (unpaired) electrons. The Hall–Kier alpha value is -1.87. The molecular weight excluding hydrogens is 358 g/mol. The van der Waals surface area contributed by atoms with Crippen LogP contribution in [-0.2, 0) is 21.9 Å². The number of sulfonamides is 1. The van der Waals surface area contributed by atoms with E-state index in [4.69, 9.17) is 5.11 Å². The third kappa shape index (κ3) is 3.64. The summed E-state index contributed by atoms with van der Waals surface area (Å²) < 4.78 is 28.6. The maximum atomic E-state index is 12.8. The van der Waals surface area contributed by atoms with Crippen molar-refractivity contribution in [2.75, 3.05) is 26.2 Å². The van der Waals surface area contributed by atoms with Crippen molar-refractivity contribution in [3.63, 3.8) is 0 Å². The van der Waals surface area contributed by atoms with E-state index in [1.165, 1.54) is 16.6 Å². The fourth-order valence-corrected chi connectivity index (χ4v) is 5.22. The average molecular weight is 383 g/mol. The number of aryl methyl sites for hydroxylation is 1. The maximum Gasteiger partial charge on any atom is 0.306 e. The molecule has 1 aromatic heterocycles. The first kappa shape index (κ1) is 18.9. The minimum Gasteiger partial charge on any atom is -0.481 e. The van der Waals surface area contributed by atoms with Crippen LogP contribution in [0.2, 0.25) is 0 Å². The van der Waals surface area contributed by atoms with Gasteiger partial charge in [-0.2, -0.15) is 4.31 Å². The number of likely N-dealkylation sites (tertiary alicyclic amines) is 1. The molecule has 9 heteroatoms. The number of carbonyl (C=O) groups is 2. The van der Waals surface area contributed by atoms with Crippen molar-refractivity contribution >= 4 is 21.9 Å². The van der Waals surface area contributed by atoms with Gasteiger partial charge in [0.05, 0.1) is 5.92 Å². The summed E-state index contributed by atoms with van der Waals surface area (Å²) in [5.41, 5.74) is 0.314. The van der Waals surface area contributed by atoms with Gasteiger partial charge in [0.15, 0.2) is 0 Å². The molecule has 2 fully saturated rings. The summed E-state index contributed by atoms with van der Waals surface area (Å²) in [5, 5.41) is 9.06. The lowest BCUT2D eigenvalue weighted by Gasteiger charge is -2.30. The Balaban J connectivity index is 1.76. The number of hydrogen-bond donors (Lipinski definition) is 1. The van der Waals surface area contributed by atoms with Gasteiger partial charge < -0.3 is 14.6 Å². The summed E-state index contributed by atoms with van der Waals surface area (Å²) in [5.74, 6) is -1.50. The number of piperidine rings is 2. The van der Waals surface area contributed by atoms with Gasteiger partial charge in [-0.15, -0.1) is 0 Å². The molecule has 2 saturated heterocycles. The molecule has 0 aliphatic carbocycles. The number of nitrogens with zero attached hydrogens (tertiary/aromatic N) is 3. The number of hydrogen-bond acceptors (Lipinski definition) is 4. The number of amides is 1. The lowest BCUT2D eigenvalue weighted by atomic mass is 9.97. The predicted octanol–water partition coefficient (Wildman–Crippen LogP) is 1.14. The summed E-state index contributed by atoms with van der Waals surface area (Å²) in [4.78, 5) is 25.6. The van der Waals surface area contributed by atoms with Crippen molar-refractivity contribution in [2.24, 2.45) is 13.0 Å². The minimum absolute atomic E-state index is 0.144. The van der Waals surface area contributed by atoms with E-state index in [1.807, 2.05) is 0 Å². The van der Waals surface area contributed by atoms with Gasteiger partial charge in [-0.3, -0.25) is 9.59 Å². The highest BCUT2D eigenvalue weighted by Crippen LogP contribution is 2.24. The number of aliphatic carboxylic acids is 1. The van der Waals surface area contributed by atoms with Crippen molar-refractivity contribution in [3.8, 4) is 0 Å². The summed E-state index contributed by atoms with van der Waals surface area (Å²) in [6, 6.07) is 1.44. The molecule has 3 rings (SSSR count). The topological polar surface area (TPSA) is 99.9 Å². The van der Waals surface area contributed by atoms with Crippen LogP contribution >= 0.6 is 0 Å². The summed E-state index contributed by atoms with van der Waals surface area (Å²) in [6.45, 7) is 1.77. The number of carboxylic acids is 1. The lowest BCUT2D eigenvalue weighted by Crippen LogP contribution is -2.40. The Morgan fingerprint density at radius 3 is 2.27 bits per heavy atom. The highest BCUT2D eigenvalue weighted by molar-refractivity contribution is 7.89. The van der Waals surface area contributed by atoms with E-state index in [0.717, 1.165) is 19.3 Å². The summed E-state index contributed by atoms with van der Waals surface area (Å²) in [7, 11) is -1.92. The number of carbonyl (C=O) groups excluding carboxylic acids is 1. The lowest BCUT2D eigenvalue weighted by molar-refractivity contribution is -0.143. The standard InChI is InChI=1S/C17H25N3O5S/c1-18-12-14(26(24,25)20-7-3-2-4-8-20)11-15(18)16(21)19-9-5-13(6-10-19)17(22)23/h11-13H,2-10H2,1H3,(H,22,23). The van der Waals surface area contributed by atoms with Crippen LogP contribution in [0.15, 0.2) is 17.2 Å². The van der Waals surface area contributed by atoms with Crippen molar-refractivity contribution in [2.45, 2.75) is 37.0 Å². The Bertz CT molecular complexity index is 787. The van der Waals surface area contributed by atoms with E-state index in [0.29, 0.717) is 44.7 Å². The third-order valence-corrected chi connectivity index (χ3v) is 7.15. The van der Waals surface area contributed by atoms with Gasteiger partial charge in [0.25, 0.3) is 5.91 Å². The van der Waals surface area contributed by atoms with Crippen molar-refractivity contribution in [1.29, 1.82) is 0 Å². The van der Waals surface area contributed by atoms with Crippen LogP contribution in [0.5, 0.6) is 0 Å². The van der Waals surface area contributed by atoms with Crippen molar-refractivity contribution < 1.29 is 23.1 Å². The summed E-state index contributed by atoms with van der Waals surface area (Å²) in [6.07, 6.45) is 5.08. The van der Waals surface area contributed by atoms with E-state index in [-0.39, 0.29) is 10.8 Å². The van der Waals surface area contributed by atoms with E-state index in [9.17, 15) is 18.0 Å². The highest BCUT2D eigenvalue weighted by Gasteiger charge is 2.31. The molecule has 2 aliphatic heterocycles. The van der Waals surface area contributed by atoms with Crippen LogP contribution in [0.25, 0.3) is 0 Å². The zero-order valence-corrected chi connectivity index (χ0v) is 15.7. The van der Waals surface area contributed by atoms with Crippen molar-refractivity contribution in [1.82, 2.24) is 13.8 Å². The molecule has 1 N–H and O–H groups in total. The van der Waals surface area contributed by atoms with Gasteiger partial charge >= 0.3 is 5.97 Å². The normalized spacial score (nSPS) is 20.3. The third-order valence-electron chi connectivity index (χ3n) is 5.28. The average Bonchev–Trinajstić information content (AvgIpc) is 3.04. The Morgan fingerprint density at radius 2 is 1.69 bits per heavy atom. The molecule has 1 aromatic rings. The quantitative estimate of drug-likeness (QED) is 0.840. The summed E-state index contributed by atoms with van der Waals surface area (Å²) >= 11 is 0. The molecule has 0 spiro atoms. The predicted molar refractivity (Wildman–Crippen MR) is 94.3 cm³/mol. The van der Waals surface area contributed by atoms with E-state index in [2.05, 4.69) is 0 Å². The van der Waals surface area contributed by atoms with Crippen LogP contribution in [0.4, 0.5) is 0 Å². The van der Waals surface area contributed by atoms with Crippen LogP contribution in [-0.4, -0.2) is 65.4 Å². The second-order valence-electron chi connectivity index (χ2n) is 7.04. The number of aromatic nitrogens is 1. The SMILES string of the molecule is Cn1cc(S(=O)(=O)N2CCCCC2)cc1C(=O)N1CCC(C(=O)O)CC1. The van der Waals surface area contributed by atoms with Crippen LogP contribution in [0.3, 0.4) is 0 Å². The number of carboxylic acid groups (broad SMARTS) is 1. The molecule has 0 bridgehead atoms. The molecule has 0 atom stereocenters. The Morgan fingerprint density at radius 1 is 1.08 bits per heavy atom. The van der Waals surface area contributed by atoms with Gasteiger partial charge in [0.1, 0.15) is 10.6 Å². The first-order chi connectivity index (χ1) is 12.3. The Kier molecular flexibility index (Phi) is 5.38. The molecule has 144 valence electrons. The minimum atomic E-state index is -3.58. The molecule has 0 aromatic carbocycles. The monoisotopic (exact) mass is 383 g/mol. The molecule has 0 saturated carbocycles. The highest BCUT2D eigenvalue weighted by atomic mass is 32.2. The first-order valence-corrected chi connectivity index (χ1v) is 10.4. The fourth-order valence-electron chi connectivity index (χ4n) is 3.63. The van der Waals surface area contributed by atoms with Crippen LogP contribution in [0.1, 0.15) is 42.6 Å². The molecule has 2 aliphatic rings. The van der Waals surface area contributed by atoms with Gasteiger partial charge in [-0.1, -0.05) is 6.42 Å². The van der Waals surface area contributed by atoms with Gasteiger partial charge in [0, 0.05) is 39.4 Å². The molecule has 26 heavy (non-hydrogen) atoms. The molecule has 8 nitrogen and oxygen atoms in total. The van der Waals surface area contributed by atoms with Gasteiger partial charge in [0.2, 0.25) is 10.0 Å². The largest absolute Gasteiger partial charge is 0.481 e. The second-order valence-corrected chi connectivity index (χ2v) is 8.98. The van der Waals surface area contributed by atoms with Gasteiger partial charge in [-0.25, -0.2) is 8.42 Å². The zero-order chi connectivity index (χ0) is 18.9. The molecule has 3 heterocycles. The molecular formula is C17H25N3O5S. The molecule has 1 amide bonds. The van der Waals surface area contributed by atoms with Crippen LogP contribution < -0.4 is 0 Å². The first-order valence-electron chi connectivity index (χ1n) is 8.99. The van der Waals surface area contributed by atoms with E-state index >= 15 is 0 Å². The smallest absolute Gasteiger partial charge is 0.306 e. The maximum absolute atomic E-state index is 12.8. The zero-order valence-electron chi connectivity index (χ0n) is 14.9. The van der Waals surface area contributed by atoms with Crippen molar-refractivity contribution in [3.05, 3.63) is 18.0 Å².